The number of benzene rings is 1. The van der Waals surface area contributed by atoms with Crippen LogP contribution < -0.4 is 4.74 Å². The third kappa shape index (κ3) is 4.73. The molecule has 0 radical (unpaired) electrons. The quantitative estimate of drug-likeness (QED) is 0.374. The maximum Gasteiger partial charge on any atom is 0.336 e. The molecule has 9 nitrogen and oxygen atoms in total. The number of methoxy groups -OCH3 is 3. The minimum Gasteiger partial charge on any atom is -0.497 e. The molecule has 1 aliphatic rings. The standard InChI is InChI=1S/C21H23NO8/c1-11-16(19(24)28-4)18(17(12(2)22-11)20(25)29-5)21(26)30-10-15(23)13-6-8-14(27-3)9-7-13/h6-9,16,18H,10H2,1-5H3/t16?,18-/m0/s1. The van der Waals surface area contributed by atoms with Crippen molar-refractivity contribution in [2.24, 2.45) is 16.8 Å². The molecule has 1 unspecified atom stereocenters. The summed E-state index contributed by atoms with van der Waals surface area (Å²) in [6.45, 7) is 2.49. The second kappa shape index (κ2) is 9.82. The van der Waals surface area contributed by atoms with Gasteiger partial charge in [-0.15, -0.1) is 0 Å². The fraction of sp³-hybridized carbons (Fsp3) is 0.381. The molecule has 0 amide bonds. The van der Waals surface area contributed by atoms with Crippen LogP contribution in [0.2, 0.25) is 0 Å². The molecule has 0 spiro atoms. The van der Waals surface area contributed by atoms with Crippen molar-refractivity contribution in [1.82, 2.24) is 0 Å². The van der Waals surface area contributed by atoms with Crippen molar-refractivity contribution in [3.05, 3.63) is 41.1 Å². The number of Topliss-reactive ketones (excluding diaryl/α,β-unsaturated/α-hetero) is 1. The predicted octanol–water partition coefficient (Wildman–Crippen LogP) is 1.75. The van der Waals surface area contributed by atoms with Crippen molar-refractivity contribution in [3.8, 4) is 5.75 Å². The summed E-state index contributed by atoms with van der Waals surface area (Å²) in [6, 6.07) is 6.27. The van der Waals surface area contributed by atoms with Crippen LogP contribution in [0.3, 0.4) is 0 Å². The summed E-state index contributed by atoms with van der Waals surface area (Å²) in [5.41, 5.74) is 0.716. The van der Waals surface area contributed by atoms with E-state index < -0.39 is 42.1 Å². The van der Waals surface area contributed by atoms with Crippen LogP contribution in [0.5, 0.6) is 5.75 Å². The molecule has 0 saturated heterocycles. The zero-order valence-electron chi connectivity index (χ0n) is 17.4. The number of carbonyl (C=O) groups excluding carboxylic acids is 4. The molecule has 2 atom stereocenters. The molecule has 9 heteroatoms. The summed E-state index contributed by atoms with van der Waals surface area (Å²) in [4.78, 5) is 54.0. The van der Waals surface area contributed by atoms with E-state index in [9.17, 15) is 19.2 Å². The highest BCUT2D eigenvalue weighted by atomic mass is 16.5. The smallest absolute Gasteiger partial charge is 0.336 e. The summed E-state index contributed by atoms with van der Waals surface area (Å²) < 4.78 is 19.7. The topological polar surface area (TPSA) is 118 Å². The lowest BCUT2D eigenvalue weighted by Gasteiger charge is -2.29. The van der Waals surface area contributed by atoms with E-state index in [1.54, 1.807) is 19.1 Å². The second-order valence-electron chi connectivity index (χ2n) is 6.48. The molecule has 2 rings (SSSR count). The molecule has 30 heavy (non-hydrogen) atoms. The van der Waals surface area contributed by atoms with E-state index in [1.807, 2.05) is 0 Å². The summed E-state index contributed by atoms with van der Waals surface area (Å²) >= 11 is 0. The first-order valence-electron chi connectivity index (χ1n) is 9.01. The van der Waals surface area contributed by atoms with Crippen molar-refractivity contribution in [2.45, 2.75) is 13.8 Å². The fourth-order valence-electron chi connectivity index (χ4n) is 3.19. The van der Waals surface area contributed by atoms with Crippen LogP contribution in [0.4, 0.5) is 0 Å². The highest BCUT2D eigenvalue weighted by Crippen LogP contribution is 2.33. The molecule has 1 heterocycles. The number of ether oxygens (including phenoxy) is 4. The maximum absolute atomic E-state index is 12.9. The Morgan fingerprint density at radius 2 is 1.53 bits per heavy atom. The van der Waals surface area contributed by atoms with Gasteiger partial charge < -0.3 is 18.9 Å². The normalized spacial score (nSPS) is 18.2. The summed E-state index contributed by atoms with van der Waals surface area (Å²) in [6.07, 6.45) is 0. The van der Waals surface area contributed by atoms with E-state index in [1.165, 1.54) is 26.2 Å². The number of aliphatic imine (C=N–C) groups is 1. The van der Waals surface area contributed by atoms with Gasteiger partial charge in [-0.1, -0.05) is 0 Å². The van der Waals surface area contributed by atoms with Gasteiger partial charge in [0.15, 0.2) is 12.4 Å². The summed E-state index contributed by atoms with van der Waals surface area (Å²) in [7, 11) is 3.81. The van der Waals surface area contributed by atoms with Gasteiger partial charge in [0.05, 0.1) is 26.9 Å². The number of carbonyl (C=O) groups is 4. The molecule has 0 fully saturated rings. The Hall–Kier alpha value is -3.49. The van der Waals surface area contributed by atoms with E-state index in [0.717, 1.165) is 14.2 Å². The van der Waals surface area contributed by atoms with Crippen LogP contribution in [0.25, 0.3) is 0 Å². The molecular weight excluding hydrogens is 394 g/mol. The Kier molecular flexibility index (Phi) is 7.46. The van der Waals surface area contributed by atoms with Gasteiger partial charge in [-0.3, -0.25) is 19.4 Å². The Balaban J connectivity index is 2.27. The number of hydrogen-bond acceptors (Lipinski definition) is 9. The number of allylic oxidation sites excluding steroid dienone is 1. The van der Waals surface area contributed by atoms with Crippen molar-refractivity contribution in [2.75, 3.05) is 27.9 Å². The Labute approximate surface area is 173 Å². The largest absolute Gasteiger partial charge is 0.497 e. The lowest BCUT2D eigenvalue weighted by molar-refractivity contribution is -0.156. The molecule has 0 aromatic heterocycles. The molecule has 0 N–H and O–H groups in total. The minimum atomic E-state index is -1.34. The van der Waals surface area contributed by atoms with Crippen molar-refractivity contribution < 1.29 is 38.1 Å². The molecule has 160 valence electrons. The van der Waals surface area contributed by atoms with Crippen LogP contribution in [-0.4, -0.2) is 57.3 Å². The van der Waals surface area contributed by atoms with Crippen molar-refractivity contribution in [1.29, 1.82) is 0 Å². The number of nitrogens with zero attached hydrogens (tertiary/aromatic N) is 1. The first kappa shape index (κ1) is 22.8. The average Bonchev–Trinajstić information content (AvgIpc) is 2.75. The predicted molar refractivity (Wildman–Crippen MR) is 105 cm³/mol. The molecule has 0 bridgehead atoms. The van der Waals surface area contributed by atoms with Gasteiger partial charge >= 0.3 is 17.9 Å². The third-order valence-electron chi connectivity index (χ3n) is 4.70. The highest BCUT2D eigenvalue weighted by Gasteiger charge is 2.46. The van der Waals surface area contributed by atoms with E-state index >= 15 is 0 Å². The maximum atomic E-state index is 12.9. The van der Waals surface area contributed by atoms with Crippen molar-refractivity contribution >= 4 is 29.4 Å². The minimum absolute atomic E-state index is 0.111. The van der Waals surface area contributed by atoms with E-state index in [0.29, 0.717) is 11.3 Å². The van der Waals surface area contributed by atoms with Gasteiger partial charge in [-0.2, -0.15) is 0 Å². The number of esters is 3. The monoisotopic (exact) mass is 417 g/mol. The molecule has 0 aliphatic carbocycles. The Morgan fingerprint density at radius 3 is 2.07 bits per heavy atom. The Bertz CT molecular complexity index is 913. The Morgan fingerprint density at radius 1 is 0.900 bits per heavy atom. The van der Waals surface area contributed by atoms with E-state index in [-0.39, 0.29) is 17.0 Å². The molecule has 1 aromatic rings. The SMILES string of the molecule is COC(=O)C1=C(C)N=C(C)C(C(=O)OC)[C@@H]1C(=O)OCC(=O)c1ccc(OC)cc1. The van der Waals surface area contributed by atoms with Gasteiger partial charge in [0.2, 0.25) is 0 Å². The zero-order chi connectivity index (χ0) is 22.4. The van der Waals surface area contributed by atoms with Crippen LogP contribution in [0, 0.1) is 11.8 Å². The first-order valence-corrected chi connectivity index (χ1v) is 9.01. The van der Waals surface area contributed by atoms with E-state index in [2.05, 4.69) is 4.99 Å². The molecular formula is C21H23NO8. The van der Waals surface area contributed by atoms with E-state index in [4.69, 9.17) is 18.9 Å². The lowest BCUT2D eigenvalue weighted by Crippen LogP contribution is -2.42. The summed E-state index contributed by atoms with van der Waals surface area (Å²) in [5, 5.41) is 0. The van der Waals surface area contributed by atoms with Crippen LogP contribution >= 0.6 is 0 Å². The number of ketones is 1. The highest BCUT2D eigenvalue weighted by molar-refractivity contribution is 6.10. The molecule has 0 saturated carbocycles. The third-order valence-corrected chi connectivity index (χ3v) is 4.70. The number of rotatable bonds is 7. The second-order valence-corrected chi connectivity index (χ2v) is 6.48. The average molecular weight is 417 g/mol. The van der Waals surface area contributed by atoms with Crippen LogP contribution in [-0.2, 0) is 28.6 Å². The zero-order valence-corrected chi connectivity index (χ0v) is 17.4. The van der Waals surface area contributed by atoms with Crippen molar-refractivity contribution in [3.63, 3.8) is 0 Å². The summed E-state index contributed by atoms with van der Waals surface area (Å²) in [5.74, 6) is -4.90. The van der Waals surface area contributed by atoms with Gasteiger partial charge in [0.1, 0.15) is 17.6 Å². The lowest BCUT2D eigenvalue weighted by atomic mass is 9.80. The number of hydrogen-bond donors (Lipinski definition) is 0. The van der Waals surface area contributed by atoms with Gasteiger partial charge in [0, 0.05) is 17.0 Å². The van der Waals surface area contributed by atoms with Gasteiger partial charge in [-0.25, -0.2) is 4.79 Å². The molecule has 1 aromatic carbocycles. The molecule has 1 aliphatic heterocycles. The van der Waals surface area contributed by atoms with Crippen LogP contribution in [0.15, 0.2) is 40.5 Å². The van der Waals surface area contributed by atoms with Crippen LogP contribution in [0.1, 0.15) is 24.2 Å². The van der Waals surface area contributed by atoms with Gasteiger partial charge in [-0.05, 0) is 38.1 Å². The fourth-order valence-corrected chi connectivity index (χ4v) is 3.19. The first-order chi connectivity index (χ1) is 14.2. The van der Waals surface area contributed by atoms with Gasteiger partial charge in [0.25, 0.3) is 0 Å².